The highest BCUT2D eigenvalue weighted by atomic mass is 32.1. The normalized spacial score (nSPS) is 18.4. The van der Waals surface area contributed by atoms with E-state index >= 15 is 0 Å². The van der Waals surface area contributed by atoms with Crippen molar-refractivity contribution in [2.45, 2.75) is 169 Å². The Morgan fingerprint density at radius 2 is 1.01 bits per heavy atom. The van der Waals surface area contributed by atoms with Gasteiger partial charge < -0.3 is 9.80 Å². The number of fused-ring (bicyclic) bond motifs is 8. The van der Waals surface area contributed by atoms with Crippen LogP contribution in [0.3, 0.4) is 0 Å². The van der Waals surface area contributed by atoms with Gasteiger partial charge in [-0.1, -0.05) is 152 Å². The molecule has 0 saturated heterocycles. The molecule has 0 bridgehead atoms. The van der Waals surface area contributed by atoms with Crippen molar-refractivity contribution in [3.8, 4) is 11.1 Å². The standard InChI is InChI=1S/C64H73BN2S/c1-38-18-17-19-39(2)55(38)40-32-52-56-53(33-40)67(43-23-20-41(21-24-43)59(3,4)5)57-45-26-22-42(60(6,7)8)34-54(45)68-58(57)65(56)50-36-48-49(64(15,16)31-30-63(48,13)14)37-51(50)66(52)44-25-27-46-47(35-44)62(11,12)29-28-61(46,9)10/h17-27,32-37H,28-31H2,1-16H3. The van der Waals surface area contributed by atoms with Crippen LogP contribution in [0.15, 0.2) is 103 Å². The van der Waals surface area contributed by atoms with Crippen molar-refractivity contribution in [1.29, 1.82) is 0 Å². The van der Waals surface area contributed by atoms with Crippen molar-refractivity contribution in [1.82, 2.24) is 0 Å². The van der Waals surface area contributed by atoms with E-state index in [0.29, 0.717) is 0 Å². The number of hydrogen-bond acceptors (Lipinski definition) is 3. The zero-order chi connectivity index (χ0) is 48.4. The highest BCUT2D eigenvalue weighted by molar-refractivity contribution is 7.33. The minimum atomic E-state index is 0.0334. The van der Waals surface area contributed by atoms with Crippen molar-refractivity contribution in [3.05, 3.63) is 148 Å². The van der Waals surface area contributed by atoms with Gasteiger partial charge in [0.05, 0.1) is 5.69 Å². The van der Waals surface area contributed by atoms with Crippen LogP contribution in [0.2, 0.25) is 0 Å². The first kappa shape index (κ1) is 45.4. The highest BCUT2D eigenvalue weighted by Crippen LogP contribution is 2.54. The minimum Gasteiger partial charge on any atom is -0.311 e. The molecule has 2 aliphatic carbocycles. The van der Waals surface area contributed by atoms with Gasteiger partial charge in [-0.25, -0.2) is 0 Å². The Balaban J connectivity index is 1.31. The molecule has 4 aliphatic rings. The Hall–Kier alpha value is -5.06. The Labute approximate surface area is 413 Å². The number of nitrogens with zero attached hydrogens (tertiary/aromatic N) is 2. The fourth-order valence-electron chi connectivity index (χ4n) is 12.8. The molecule has 6 aromatic carbocycles. The molecule has 0 saturated carbocycles. The summed E-state index contributed by atoms with van der Waals surface area (Å²) < 4.78 is 2.81. The van der Waals surface area contributed by atoms with Gasteiger partial charge in [0.1, 0.15) is 0 Å². The van der Waals surface area contributed by atoms with E-state index in [1.54, 1.807) is 0 Å². The first-order valence-corrected chi connectivity index (χ1v) is 26.4. The maximum Gasteiger partial charge on any atom is 0.264 e. The number of rotatable bonds is 3. The summed E-state index contributed by atoms with van der Waals surface area (Å²) in [6, 6.07) is 41.9. The van der Waals surface area contributed by atoms with Crippen LogP contribution in [0.4, 0.5) is 34.1 Å². The van der Waals surface area contributed by atoms with Crippen molar-refractivity contribution in [3.63, 3.8) is 0 Å². The number of anilines is 6. The number of hydrogen-bond donors (Lipinski definition) is 0. The van der Waals surface area contributed by atoms with Crippen LogP contribution in [0.5, 0.6) is 0 Å². The van der Waals surface area contributed by atoms with Gasteiger partial charge in [0.15, 0.2) is 0 Å². The van der Waals surface area contributed by atoms with Gasteiger partial charge in [-0.15, -0.1) is 11.3 Å². The second-order valence-corrected chi connectivity index (χ2v) is 27.2. The number of thiophene rings is 1. The van der Waals surface area contributed by atoms with Crippen LogP contribution in [-0.2, 0) is 32.5 Å². The smallest absolute Gasteiger partial charge is 0.264 e. The van der Waals surface area contributed by atoms with Crippen molar-refractivity contribution in [2.24, 2.45) is 0 Å². The first-order valence-electron chi connectivity index (χ1n) is 25.6. The molecule has 1 aromatic heterocycles. The molecule has 0 amide bonds. The lowest BCUT2D eigenvalue weighted by atomic mass is 9.35. The molecule has 2 aliphatic heterocycles. The van der Waals surface area contributed by atoms with Crippen LogP contribution >= 0.6 is 11.3 Å². The van der Waals surface area contributed by atoms with E-state index in [9.17, 15) is 0 Å². The molecule has 2 nitrogen and oxygen atoms in total. The quantitative estimate of drug-likeness (QED) is 0.163. The molecule has 0 unspecified atom stereocenters. The molecule has 0 fully saturated rings. The van der Waals surface area contributed by atoms with Crippen LogP contribution in [0.25, 0.3) is 21.2 Å². The maximum absolute atomic E-state index is 2.73. The fraction of sp³-hybridized carbons (Fsp3) is 0.406. The molecule has 11 rings (SSSR count). The molecular weight excluding hydrogens is 840 g/mol. The van der Waals surface area contributed by atoms with Crippen LogP contribution in [0.1, 0.15) is 167 Å². The summed E-state index contributed by atoms with van der Waals surface area (Å²) in [4.78, 5) is 5.41. The second kappa shape index (κ2) is 14.7. The molecule has 0 N–H and O–H groups in total. The monoisotopic (exact) mass is 913 g/mol. The van der Waals surface area contributed by atoms with E-state index in [1.807, 2.05) is 11.3 Å². The SMILES string of the molecule is Cc1cccc(C)c1-c1cc2c3c(c1)N(c1ccc(C(C)(C)C)cc1)c1c(sc4cc(C(C)(C)C)ccc14)B3c1cc3c(cc1N2c1ccc2c(c1)C(C)(C)CCC2(C)C)C(C)(C)CCC3(C)C. The van der Waals surface area contributed by atoms with Crippen molar-refractivity contribution in [2.75, 3.05) is 9.80 Å². The summed E-state index contributed by atoms with van der Waals surface area (Å²) >= 11 is 2.04. The third kappa shape index (κ3) is 6.84. The average Bonchev–Trinajstić information content (AvgIpc) is 3.64. The van der Waals surface area contributed by atoms with Crippen LogP contribution < -0.4 is 25.5 Å². The van der Waals surface area contributed by atoms with Crippen molar-refractivity contribution < 1.29 is 0 Å². The van der Waals surface area contributed by atoms with Crippen LogP contribution in [-0.4, -0.2) is 6.71 Å². The molecule has 68 heavy (non-hydrogen) atoms. The predicted octanol–water partition coefficient (Wildman–Crippen LogP) is 16.6. The topological polar surface area (TPSA) is 6.48 Å². The number of aryl methyl sites for hydroxylation is 2. The zero-order valence-corrected chi connectivity index (χ0v) is 44.8. The van der Waals surface area contributed by atoms with Gasteiger partial charge in [-0.05, 0) is 187 Å². The molecule has 7 aromatic rings. The van der Waals surface area contributed by atoms with E-state index < -0.39 is 0 Å². The minimum absolute atomic E-state index is 0.0334. The lowest BCUT2D eigenvalue weighted by Gasteiger charge is -2.47. The third-order valence-corrected chi connectivity index (χ3v) is 18.6. The van der Waals surface area contributed by atoms with Crippen molar-refractivity contribution >= 4 is 78.0 Å². The molecule has 4 heteroatoms. The zero-order valence-electron chi connectivity index (χ0n) is 44.0. The summed E-state index contributed by atoms with van der Waals surface area (Å²) in [6.45, 7) is 38.5. The van der Waals surface area contributed by atoms with Gasteiger partial charge in [0.2, 0.25) is 0 Å². The summed E-state index contributed by atoms with van der Waals surface area (Å²) in [5.74, 6) is 0. The van der Waals surface area contributed by atoms with E-state index in [-0.39, 0.29) is 39.2 Å². The maximum atomic E-state index is 2.73. The number of benzene rings is 6. The molecule has 3 heterocycles. The fourth-order valence-corrected chi connectivity index (χ4v) is 14.2. The first-order chi connectivity index (χ1) is 31.8. The highest BCUT2D eigenvalue weighted by Gasteiger charge is 2.49. The Bertz CT molecular complexity index is 3210. The molecule has 0 radical (unpaired) electrons. The Morgan fingerprint density at radius 3 is 1.60 bits per heavy atom. The van der Waals surface area contributed by atoms with Crippen LogP contribution in [0, 0.1) is 13.8 Å². The third-order valence-electron chi connectivity index (χ3n) is 17.4. The lowest BCUT2D eigenvalue weighted by Crippen LogP contribution is -2.61. The van der Waals surface area contributed by atoms with Gasteiger partial charge in [-0.2, -0.15) is 0 Å². The largest absolute Gasteiger partial charge is 0.311 e. The van der Waals surface area contributed by atoms with E-state index in [0.717, 1.165) is 0 Å². The Kier molecular flexibility index (Phi) is 9.84. The molecule has 0 spiro atoms. The summed E-state index contributed by atoms with van der Waals surface area (Å²) in [5.41, 5.74) is 24.9. The van der Waals surface area contributed by atoms with E-state index in [4.69, 9.17) is 0 Å². The van der Waals surface area contributed by atoms with Gasteiger partial charge in [-0.3, -0.25) is 0 Å². The van der Waals surface area contributed by atoms with E-state index in [1.165, 1.54) is 141 Å². The lowest BCUT2D eigenvalue weighted by molar-refractivity contribution is 0.332. The van der Waals surface area contributed by atoms with Gasteiger partial charge in [0.25, 0.3) is 6.71 Å². The Morgan fingerprint density at radius 1 is 0.500 bits per heavy atom. The second-order valence-electron chi connectivity index (χ2n) is 26.1. The van der Waals surface area contributed by atoms with Gasteiger partial charge >= 0.3 is 0 Å². The van der Waals surface area contributed by atoms with E-state index in [2.05, 4.69) is 224 Å². The average molecular weight is 913 g/mol. The van der Waals surface area contributed by atoms with Gasteiger partial charge in [0, 0.05) is 43.3 Å². The molecular formula is C64H73BN2S. The molecule has 348 valence electrons. The molecule has 0 atom stereocenters. The summed E-state index contributed by atoms with van der Waals surface area (Å²) in [7, 11) is 0. The predicted molar refractivity (Wildman–Crippen MR) is 299 cm³/mol. The summed E-state index contributed by atoms with van der Waals surface area (Å²) in [5, 5.41) is 1.34. The summed E-state index contributed by atoms with van der Waals surface area (Å²) in [6.07, 6.45) is 4.73.